The zero-order valence-corrected chi connectivity index (χ0v) is 16.7. The molecule has 4 atom stereocenters. The van der Waals surface area contributed by atoms with Crippen molar-refractivity contribution in [3.05, 3.63) is 0 Å². The Morgan fingerprint density at radius 2 is 0.952 bits per heavy atom. The van der Waals surface area contributed by atoms with Gasteiger partial charge in [-0.1, -0.05) is 76.2 Å². The summed E-state index contributed by atoms with van der Waals surface area (Å²) in [5.41, 5.74) is 0.870. The van der Waals surface area contributed by atoms with Crippen molar-refractivity contribution < 1.29 is 0 Å². The van der Waals surface area contributed by atoms with Gasteiger partial charge in [0.2, 0.25) is 0 Å². The normalized spacial score (nSPS) is 35.6. The van der Waals surface area contributed by atoms with Crippen LogP contribution in [0.4, 0.5) is 0 Å². The van der Waals surface area contributed by atoms with E-state index in [9.17, 15) is 0 Å². The Kier molecular flexibility index (Phi) is 5.67. The van der Waals surface area contributed by atoms with Crippen molar-refractivity contribution in [3.63, 3.8) is 0 Å². The largest absolute Gasteiger partial charge is 0.0623 e. The van der Waals surface area contributed by atoms with Gasteiger partial charge in [-0.25, -0.2) is 0 Å². The molecule has 21 heavy (non-hydrogen) atoms. The maximum Gasteiger partial charge on any atom is -0.0298 e. The second-order valence-corrected chi connectivity index (χ2v) is 10.1. The number of hydrogen-bond acceptors (Lipinski definition) is 0. The quantitative estimate of drug-likeness (QED) is 0.529. The molecular weight excluding hydrogens is 252 g/mol. The molecule has 0 saturated heterocycles. The molecule has 0 aliphatic heterocycles. The molecule has 0 nitrogen and oxygen atoms in total. The van der Waals surface area contributed by atoms with Crippen molar-refractivity contribution in [2.24, 2.45) is 52.3 Å². The first-order valence-corrected chi connectivity index (χ1v) is 9.35. The van der Waals surface area contributed by atoms with Gasteiger partial charge in [0.25, 0.3) is 0 Å². The Morgan fingerprint density at radius 1 is 0.667 bits per heavy atom. The fraction of sp³-hybridized carbons (Fsp3) is 1.00. The second-order valence-electron chi connectivity index (χ2n) is 10.1. The highest BCUT2D eigenvalue weighted by Gasteiger charge is 2.51. The zero-order valence-electron chi connectivity index (χ0n) is 16.7. The summed E-state index contributed by atoms with van der Waals surface area (Å²) in [7, 11) is 0. The van der Waals surface area contributed by atoms with Crippen molar-refractivity contribution in [3.8, 4) is 0 Å². The lowest BCUT2D eigenvalue weighted by atomic mass is 9.48. The summed E-state index contributed by atoms with van der Waals surface area (Å²) < 4.78 is 0. The summed E-state index contributed by atoms with van der Waals surface area (Å²) in [5, 5.41) is 0. The Hall–Kier alpha value is 0. The van der Waals surface area contributed by atoms with Gasteiger partial charge in [0, 0.05) is 0 Å². The molecular formula is C21H42. The minimum atomic E-state index is 0.435. The molecule has 1 aliphatic carbocycles. The smallest absolute Gasteiger partial charge is 0.0298 e. The number of hydrogen-bond donors (Lipinski definition) is 0. The van der Waals surface area contributed by atoms with E-state index in [0.717, 1.165) is 41.4 Å². The molecule has 0 aromatic carbocycles. The second kappa shape index (κ2) is 6.25. The van der Waals surface area contributed by atoms with E-state index in [1.165, 1.54) is 6.42 Å². The molecule has 1 saturated carbocycles. The van der Waals surface area contributed by atoms with Gasteiger partial charge in [0.05, 0.1) is 0 Å². The van der Waals surface area contributed by atoms with E-state index in [4.69, 9.17) is 0 Å². The molecule has 0 heteroatoms. The standard InChI is InChI=1S/C21H42/c1-13(2)20(8,9)18-15(5)12-16(6)19(17(18)7)21(10,11)14(3)4/h13-19H,12H2,1-11H3. The van der Waals surface area contributed by atoms with Gasteiger partial charge in [0.15, 0.2) is 0 Å². The molecule has 0 aromatic rings. The Labute approximate surface area is 135 Å². The van der Waals surface area contributed by atoms with E-state index >= 15 is 0 Å². The van der Waals surface area contributed by atoms with E-state index in [1.807, 2.05) is 0 Å². The summed E-state index contributed by atoms with van der Waals surface area (Å²) in [5.74, 6) is 5.72. The summed E-state index contributed by atoms with van der Waals surface area (Å²) >= 11 is 0. The van der Waals surface area contributed by atoms with E-state index in [2.05, 4.69) is 76.2 Å². The predicted octanol–water partition coefficient (Wildman–Crippen LogP) is 6.90. The highest BCUT2D eigenvalue weighted by Crippen LogP contribution is 2.57. The molecule has 0 radical (unpaired) electrons. The van der Waals surface area contributed by atoms with Crippen LogP contribution in [0, 0.1) is 52.3 Å². The summed E-state index contributed by atoms with van der Waals surface area (Å²) in [6.07, 6.45) is 1.41. The van der Waals surface area contributed by atoms with Gasteiger partial charge in [-0.3, -0.25) is 0 Å². The van der Waals surface area contributed by atoms with E-state index < -0.39 is 0 Å². The van der Waals surface area contributed by atoms with Crippen LogP contribution in [-0.2, 0) is 0 Å². The van der Waals surface area contributed by atoms with Crippen molar-refractivity contribution in [2.45, 2.75) is 82.6 Å². The van der Waals surface area contributed by atoms with Crippen LogP contribution in [0.15, 0.2) is 0 Å². The maximum absolute atomic E-state index is 2.57. The molecule has 0 N–H and O–H groups in total. The lowest BCUT2D eigenvalue weighted by Gasteiger charge is -2.57. The molecule has 1 fully saturated rings. The van der Waals surface area contributed by atoms with Crippen LogP contribution >= 0.6 is 0 Å². The van der Waals surface area contributed by atoms with E-state index in [-0.39, 0.29) is 0 Å². The molecule has 126 valence electrons. The fourth-order valence-electron chi connectivity index (χ4n) is 5.73. The summed E-state index contributed by atoms with van der Waals surface area (Å²) in [6.45, 7) is 27.3. The van der Waals surface area contributed by atoms with Gasteiger partial charge in [0.1, 0.15) is 0 Å². The first kappa shape index (κ1) is 19.0. The highest BCUT2D eigenvalue weighted by atomic mass is 14.6. The summed E-state index contributed by atoms with van der Waals surface area (Å²) in [4.78, 5) is 0. The Balaban J connectivity index is 3.20. The van der Waals surface area contributed by atoms with Crippen molar-refractivity contribution >= 4 is 0 Å². The van der Waals surface area contributed by atoms with Gasteiger partial charge in [-0.05, 0) is 58.7 Å². The van der Waals surface area contributed by atoms with Crippen LogP contribution < -0.4 is 0 Å². The molecule has 0 heterocycles. The third-order valence-electron chi connectivity index (χ3n) is 7.80. The van der Waals surface area contributed by atoms with Crippen LogP contribution in [0.5, 0.6) is 0 Å². The van der Waals surface area contributed by atoms with Gasteiger partial charge in [-0.2, -0.15) is 0 Å². The van der Waals surface area contributed by atoms with Gasteiger partial charge in [-0.15, -0.1) is 0 Å². The average Bonchev–Trinajstić information content (AvgIpc) is 2.26. The molecule has 0 amide bonds. The Bertz CT molecular complexity index is 302. The monoisotopic (exact) mass is 294 g/mol. The van der Waals surface area contributed by atoms with E-state index in [0.29, 0.717) is 10.8 Å². The molecule has 1 aliphatic rings. The topological polar surface area (TPSA) is 0 Å². The van der Waals surface area contributed by atoms with Crippen LogP contribution in [0.3, 0.4) is 0 Å². The minimum Gasteiger partial charge on any atom is -0.0623 e. The minimum absolute atomic E-state index is 0.435. The average molecular weight is 295 g/mol. The van der Waals surface area contributed by atoms with Crippen molar-refractivity contribution in [1.29, 1.82) is 0 Å². The maximum atomic E-state index is 2.57. The Morgan fingerprint density at radius 3 is 1.19 bits per heavy atom. The molecule has 0 bridgehead atoms. The molecule has 0 aromatic heterocycles. The molecule has 4 unspecified atom stereocenters. The van der Waals surface area contributed by atoms with Crippen LogP contribution in [0.1, 0.15) is 82.6 Å². The first-order chi connectivity index (χ1) is 9.35. The van der Waals surface area contributed by atoms with Gasteiger partial charge < -0.3 is 0 Å². The zero-order chi connectivity index (χ0) is 16.7. The third kappa shape index (κ3) is 3.35. The lowest BCUT2D eigenvalue weighted by molar-refractivity contribution is -0.0860. The first-order valence-electron chi connectivity index (χ1n) is 9.35. The molecule has 1 rings (SSSR count). The fourth-order valence-corrected chi connectivity index (χ4v) is 5.73. The molecule has 0 spiro atoms. The van der Waals surface area contributed by atoms with Crippen LogP contribution in [0.2, 0.25) is 0 Å². The highest BCUT2D eigenvalue weighted by molar-refractivity contribution is 4.99. The number of rotatable bonds is 4. The van der Waals surface area contributed by atoms with Gasteiger partial charge >= 0.3 is 0 Å². The van der Waals surface area contributed by atoms with Crippen molar-refractivity contribution in [2.75, 3.05) is 0 Å². The summed E-state index contributed by atoms with van der Waals surface area (Å²) in [6, 6.07) is 0. The van der Waals surface area contributed by atoms with Crippen LogP contribution in [0.25, 0.3) is 0 Å². The lowest BCUT2D eigenvalue weighted by Crippen LogP contribution is -2.51. The van der Waals surface area contributed by atoms with Crippen molar-refractivity contribution in [1.82, 2.24) is 0 Å². The predicted molar refractivity (Wildman–Crippen MR) is 96.3 cm³/mol. The van der Waals surface area contributed by atoms with Crippen LogP contribution in [-0.4, -0.2) is 0 Å². The third-order valence-corrected chi connectivity index (χ3v) is 7.80. The van der Waals surface area contributed by atoms with E-state index in [1.54, 1.807) is 0 Å². The SMILES string of the molecule is CC1CC(C)C(C(C)(C)C(C)C)C(C)C1C(C)(C)C(C)C.